The van der Waals surface area contributed by atoms with Crippen LogP contribution in [-0.2, 0) is 0 Å². The Balaban J connectivity index is 1.38. The van der Waals surface area contributed by atoms with E-state index in [0.717, 1.165) is 42.7 Å². The Morgan fingerprint density at radius 2 is 1.48 bits per heavy atom. The summed E-state index contributed by atoms with van der Waals surface area (Å²) in [5, 5.41) is 1.18. The van der Waals surface area contributed by atoms with Crippen LogP contribution in [0.2, 0.25) is 0 Å². The molecule has 2 aromatic rings. The fraction of sp³-hybridized carbons (Fsp3) is 0.615. The van der Waals surface area contributed by atoms with Crippen molar-refractivity contribution in [1.29, 1.82) is 0 Å². The van der Waals surface area contributed by atoms with E-state index in [4.69, 9.17) is 0 Å². The van der Waals surface area contributed by atoms with Gasteiger partial charge < -0.3 is 4.74 Å². The highest BCUT2D eigenvalue weighted by atomic mass is 19.4. The molecule has 0 amide bonds. The average Bonchev–Trinajstić information content (AvgIpc) is 2.74. The minimum atomic E-state index is -4.90. The zero-order valence-electron chi connectivity index (χ0n) is 18.2. The molecule has 170 valence electrons. The highest BCUT2D eigenvalue weighted by molar-refractivity contribution is 5.84. The summed E-state index contributed by atoms with van der Waals surface area (Å²) in [4.78, 5) is 0. The maximum atomic E-state index is 14.1. The first kappa shape index (κ1) is 22.4. The first-order chi connectivity index (χ1) is 14.8. The van der Waals surface area contributed by atoms with Gasteiger partial charge in [-0.3, -0.25) is 0 Å². The van der Waals surface area contributed by atoms with Gasteiger partial charge in [0.2, 0.25) is 0 Å². The van der Waals surface area contributed by atoms with Crippen LogP contribution >= 0.6 is 0 Å². The van der Waals surface area contributed by atoms with Crippen molar-refractivity contribution in [2.24, 2.45) is 17.8 Å². The Labute approximate surface area is 182 Å². The summed E-state index contributed by atoms with van der Waals surface area (Å²) in [6.45, 7) is 2.28. The number of hydrogen-bond acceptors (Lipinski definition) is 1. The molecule has 2 saturated carbocycles. The molecule has 0 atom stereocenters. The monoisotopic (exact) mass is 436 g/mol. The van der Waals surface area contributed by atoms with Gasteiger partial charge in [-0.1, -0.05) is 50.8 Å². The number of ether oxygens (including phenoxy) is 1. The van der Waals surface area contributed by atoms with E-state index in [2.05, 4.69) is 11.7 Å². The Kier molecular flexibility index (Phi) is 6.78. The van der Waals surface area contributed by atoms with Crippen LogP contribution in [0.1, 0.15) is 82.6 Å². The van der Waals surface area contributed by atoms with E-state index < -0.39 is 17.9 Å². The van der Waals surface area contributed by atoms with Gasteiger partial charge in [0, 0.05) is 0 Å². The summed E-state index contributed by atoms with van der Waals surface area (Å²) in [6.07, 6.45) is 8.13. The predicted octanol–water partition coefficient (Wildman–Crippen LogP) is 8.76. The van der Waals surface area contributed by atoms with E-state index in [1.165, 1.54) is 56.9 Å². The molecule has 1 nitrogen and oxygen atoms in total. The number of alkyl halides is 3. The molecule has 2 aliphatic rings. The van der Waals surface area contributed by atoms with Gasteiger partial charge in [0.15, 0.2) is 11.6 Å². The molecular formula is C26H32F4O. The van der Waals surface area contributed by atoms with Crippen molar-refractivity contribution in [1.82, 2.24) is 0 Å². The largest absolute Gasteiger partial charge is 0.573 e. The topological polar surface area (TPSA) is 9.23 Å². The van der Waals surface area contributed by atoms with E-state index in [-0.39, 0.29) is 0 Å². The molecule has 31 heavy (non-hydrogen) atoms. The predicted molar refractivity (Wildman–Crippen MR) is 116 cm³/mol. The van der Waals surface area contributed by atoms with Gasteiger partial charge in [-0.25, -0.2) is 4.39 Å². The Hall–Kier alpha value is -1.78. The summed E-state index contributed by atoms with van der Waals surface area (Å²) in [6, 6.07) is 8.00. The van der Waals surface area contributed by atoms with E-state index in [1.54, 1.807) is 6.07 Å². The third-order valence-electron chi connectivity index (χ3n) is 7.64. The lowest BCUT2D eigenvalue weighted by molar-refractivity contribution is -0.275. The van der Waals surface area contributed by atoms with Gasteiger partial charge in [0.25, 0.3) is 0 Å². The van der Waals surface area contributed by atoms with Crippen LogP contribution in [0, 0.1) is 23.6 Å². The molecule has 0 unspecified atom stereocenters. The van der Waals surface area contributed by atoms with Crippen LogP contribution in [0.4, 0.5) is 17.6 Å². The van der Waals surface area contributed by atoms with Crippen LogP contribution in [0.25, 0.3) is 10.8 Å². The number of fused-ring (bicyclic) bond motifs is 1. The zero-order valence-corrected chi connectivity index (χ0v) is 18.2. The van der Waals surface area contributed by atoms with Crippen LogP contribution < -0.4 is 4.74 Å². The summed E-state index contributed by atoms with van der Waals surface area (Å²) in [5.41, 5.74) is 1.17. The van der Waals surface area contributed by atoms with Crippen molar-refractivity contribution >= 4 is 10.8 Å². The number of hydrogen-bond donors (Lipinski definition) is 0. The van der Waals surface area contributed by atoms with E-state index in [0.29, 0.717) is 16.7 Å². The van der Waals surface area contributed by atoms with E-state index in [1.807, 2.05) is 12.1 Å². The number of halogens is 4. The Morgan fingerprint density at radius 1 is 0.839 bits per heavy atom. The molecule has 0 aromatic heterocycles. The normalized spacial score (nSPS) is 27.4. The van der Waals surface area contributed by atoms with Gasteiger partial charge >= 0.3 is 6.36 Å². The number of benzene rings is 2. The van der Waals surface area contributed by atoms with Crippen LogP contribution in [0.5, 0.6) is 5.75 Å². The molecule has 0 saturated heterocycles. The maximum absolute atomic E-state index is 14.1. The standard InChI is InChI=1S/C26H32F4O/c1-2-3-17-4-6-18(7-5-17)19-8-10-20(11-9-19)21-12-13-22-16-25(31-26(28,29)30)24(27)15-23(22)14-21/h12-20H,2-11H2,1H3. The van der Waals surface area contributed by atoms with Gasteiger partial charge in [-0.2, -0.15) is 0 Å². The molecule has 0 aliphatic heterocycles. The molecular weight excluding hydrogens is 404 g/mol. The molecule has 0 spiro atoms. The molecule has 2 aromatic carbocycles. The molecule has 0 radical (unpaired) electrons. The maximum Gasteiger partial charge on any atom is 0.573 e. The van der Waals surface area contributed by atoms with E-state index in [9.17, 15) is 17.6 Å². The smallest absolute Gasteiger partial charge is 0.403 e. The fourth-order valence-electron chi connectivity index (χ4n) is 6.00. The number of rotatable bonds is 5. The van der Waals surface area contributed by atoms with Crippen LogP contribution in [0.3, 0.4) is 0 Å². The van der Waals surface area contributed by atoms with Crippen molar-refractivity contribution in [3.63, 3.8) is 0 Å². The van der Waals surface area contributed by atoms with Crippen molar-refractivity contribution in [3.8, 4) is 5.75 Å². The van der Waals surface area contributed by atoms with E-state index >= 15 is 0 Å². The summed E-state index contributed by atoms with van der Waals surface area (Å²) in [7, 11) is 0. The Bertz CT molecular complexity index is 875. The second-order valence-electron chi connectivity index (χ2n) is 9.62. The molecule has 5 heteroatoms. The minimum Gasteiger partial charge on any atom is -0.403 e. The molecule has 0 heterocycles. The third-order valence-corrected chi connectivity index (χ3v) is 7.64. The third kappa shape index (κ3) is 5.53. The first-order valence-corrected chi connectivity index (χ1v) is 11.8. The van der Waals surface area contributed by atoms with Crippen molar-refractivity contribution in [3.05, 3.63) is 41.7 Å². The minimum absolute atomic E-state index is 0.450. The lowest BCUT2D eigenvalue weighted by atomic mass is 9.68. The molecule has 0 N–H and O–H groups in total. The first-order valence-electron chi connectivity index (χ1n) is 11.8. The van der Waals surface area contributed by atoms with Gasteiger partial charge in [0.05, 0.1) is 0 Å². The summed E-state index contributed by atoms with van der Waals surface area (Å²) in [5.74, 6) is 1.35. The van der Waals surface area contributed by atoms with Crippen LogP contribution in [0.15, 0.2) is 30.3 Å². The highest BCUT2D eigenvalue weighted by Crippen LogP contribution is 2.45. The summed E-state index contributed by atoms with van der Waals surface area (Å²) >= 11 is 0. The average molecular weight is 437 g/mol. The van der Waals surface area contributed by atoms with Gasteiger partial charge in [-0.05, 0) is 90.7 Å². The lowest BCUT2D eigenvalue weighted by Crippen LogP contribution is -2.25. The SMILES string of the molecule is CCCC1CCC(C2CCC(c3ccc4cc(OC(F)(F)F)c(F)cc4c3)CC2)CC1. The van der Waals surface area contributed by atoms with Crippen molar-refractivity contribution < 1.29 is 22.3 Å². The molecule has 2 aliphatic carbocycles. The highest BCUT2D eigenvalue weighted by Gasteiger charge is 2.33. The fourth-order valence-corrected chi connectivity index (χ4v) is 6.00. The molecule has 4 rings (SSSR count). The van der Waals surface area contributed by atoms with Gasteiger partial charge in [-0.15, -0.1) is 13.2 Å². The van der Waals surface area contributed by atoms with Gasteiger partial charge in [0.1, 0.15) is 0 Å². The van der Waals surface area contributed by atoms with Crippen molar-refractivity contribution in [2.75, 3.05) is 0 Å². The van der Waals surface area contributed by atoms with Crippen molar-refractivity contribution in [2.45, 2.75) is 83.4 Å². The Morgan fingerprint density at radius 3 is 2.10 bits per heavy atom. The van der Waals surface area contributed by atoms with Crippen LogP contribution in [-0.4, -0.2) is 6.36 Å². The molecule has 2 fully saturated rings. The lowest BCUT2D eigenvalue weighted by Gasteiger charge is -2.38. The quantitative estimate of drug-likeness (QED) is 0.426. The molecule has 0 bridgehead atoms. The second kappa shape index (κ2) is 9.38. The second-order valence-corrected chi connectivity index (χ2v) is 9.62. The summed E-state index contributed by atoms with van der Waals surface area (Å²) < 4.78 is 55.3. The zero-order chi connectivity index (χ0) is 22.0.